The third kappa shape index (κ3) is 5.13. The number of para-hydroxylation sites is 1. The SMILES string of the molecule is c1ccc(-c2cc(-c3nc(-c4ccccc4)nc(-c4ccc5c(ccc6ccc(-c7ccccc7)cc65)c4)n3)c3c(c2)oc2ccccc23)cc1. The molecule has 0 aliphatic carbocycles. The monoisotopic (exact) mass is 651 g/mol. The summed E-state index contributed by atoms with van der Waals surface area (Å²) >= 11 is 0. The Morgan fingerprint density at radius 1 is 0.314 bits per heavy atom. The summed E-state index contributed by atoms with van der Waals surface area (Å²) in [5.74, 6) is 1.83. The number of hydrogen-bond donors (Lipinski definition) is 0. The molecule has 0 amide bonds. The van der Waals surface area contributed by atoms with Crippen LogP contribution in [0, 0.1) is 0 Å². The normalized spacial score (nSPS) is 11.5. The molecule has 10 aromatic rings. The van der Waals surface area contributed by atoms with Gasteiger partial charge in [-0.2, -0.15) is 0 Å². The first kappa shape index (κ1) is 29.0. The highest BCUT2D eigenvalue weighted by atomic mass is 16.3. The summed E-state index contributed by atoms with van der Waals surface area (Å²) in [5.41, 5.74) is 8.91. The van der Waals surface area contributed by atoms with Crippen LogP contribution in [0.5, 0.6) is 0 Å². The minimum atomic E-state index is 0.597. The van der Waals surface area contributed by atoms with Gasteiger partial charge in [-0.1, -0.05) is 146 Å². The van der Waals surface area contributed by atoms with Crippen molar-refractivity contribution < 1.29 is 4.42 Å². The molecule has 0 unspecified atom stereocenters. The first-order valence-corrected chi connectivity index (χ1v) is 17.1. The first-order valence-electron chi connectivity index (χ1n) is 17.1. The number of benzene rings is 8. The minimum absolute atomic E-state index is 0.597. The van der Waals surface area contributed by atoms with Gasteiger partial charge in [0.05, 0.1) is 0 Å². The average Bonchev–Trinajstić information content (AvgIpc) is 3.59. The maximum atomic E-state index is 6.46. The average molecular weight is 652 g/mol. The molecule has 0 N–H and O–H groups in total. The summed E-state index contributed by atoms with van der Waals surface area (Å²) in [5, 5.41) is 6.75. The van der Waals surface area contributed by atoms with Crippen LogP contribution in [-0.4, -0.2) is 15.0 Å². The molecule has 8 aromatic carbocycles. The lowest BCUT2D eigenvalue weighted by Gasteiger charge is -2.12. The lowest BCUT2D eigenvalue weighted by molar-refractivity contribution is 0.669. The van der Waals surface area contributed by atoms with E-state index in [2.05, 4.69) is 121 Å². The third-order valence-corrected chi connectivity index (χ3v) is 9.70. The molecule has 0 aliphatic heterocycles. The van der Waals surface area contributed by atoms with Crippen molar-refractivity contribution in [3.8, 4) is 56.4 Å². The van der Waals surface area contributed by atoms with Gasteiger partial charge in [-0.15, -0.1) is 0 Å². The maximum Gasteiger partial charge on any atom is 0.164 e. The summed E-state index contributed by atoms with van der Waals surface area (Å²) in [7, 11) is 0. The number of hydrogen-bond acceptors (Lipinski definition) is 4. The molecule has 10 rings (SSSR count). The van der Waals surface area contributed by atoms with Crippen molar-refractivity contribution in [3.05, 3.63) is 176 Å². The molecule has 0 atom stereocenters. The Hall–Kier alpha value is -6.91. The zero-order chi connectivity index (χ0) is 33.7. The number of fused-ring (bicyclic) bond motifs is 6. The summed E-state index contributed by atoms with van der Waals surface area (Å²) < 4.78 is 6.46. The standard InChI is InChI=1S/C47H29N3O/c1-4-12-30(13-5-1)34-22-20-32-21-23-35-26-36(24-25-38(35)40(32)27-34)46-48-45(33-16-8-3-9-17-33)49-47(50-46)41-28-37(31-14-6-2-7-15-31)29-43-44(41)39-18-10-11-19-42(39)51-43/h1-29H. The molecule has 0 saturated carbocycles. The molecule has 0 aliphatic rings. The van der Waals surface area contributed by atoms with E-state index >= 15 is 0 Å². The number of nitrogens with zero attached hydrogens (tertiary/aromatic N) is 3. The van der Waals surface area contributed by atoms with Crippen LogP contribution in [0.2, 0.25) is 0 Å². The van der Waals surface area contributed by atoms with E-state index in [4.69, 9.17) is 19.4 Å². The molecule has 2 heterocycles. The summed E-state index contributed by atoms with van der Waals surface area (Å²) in [6.07, 6.45) is 0. The Labute approximate surface area is 294 Å². The van der Waals surface area contributed by atoms with E-state index in [9.17, 15) is 0 Å². The zero-order valence-electron chi connectivity index (χ0n) is 27.5. The number of rotatable bonds is 5. The van der Waals surface area contributed by atoms with Gasteiger partial charge in [0.1, 0.15) is 11.2 Å². The van der Waals surface area contributed by atoms with Crippen LogP contribution in [-0.2, 0) is 0 Å². The van der Waals surface area contributed by atoms with E-state index in [1.807, 2.05) is 54.6 Å². The van der Waals surface area contributed by atoms with Crippen molar-refractivity contribution in [3.63, 3.8) is 0 Å². The lowest BCUT2D eigenvalue weighted by atomic mass is 9.96. The van der Waals surface area contributed by atoms with Crippen LogP contribution in [0.3, 0.4) is 0 Å². The smallest absolute Gasteiger partial charge is 0.164 e. The topological polar surface area (TPSA) is 51.8 Å². The molecule has 0 fully saturated rings. The second kappa shape index (κ2) is 11.9. The third-order valence-electron chi connectivity index (χ3n) is 9.70. The van der Waals surface area contributed by atoms with Crippen molar-refractivity contribution in [1.29, 1.82) is 0 Å². The molecule has 238 valence electrons. The predicted molar refractivity (Wildman–Crippen MR) is 209 cm³/mol. The highest BCUT2D eigenvalue weighted by Gasteiger charge is 2.20. The van der Waals surface area contributed by atoms with Gasteiger partial charge in [-0.05, 0) is 74.1 Å². The van der Waals surface area contributed by atoms with Crippen LogP contribution >= 0.6 is 0 Å². The van der Waals surface area contributed by atoms with E-state index in [1.54, 1.807) is 0 Å². The Morgan fingerprint density at radius 3 is 1.67 bits per heavy atom. The number of furan rings is 1. The Kier molecular flexibility index (Phi) is 6.78. The highest BCUT2D eigenvalue weighted by Crippen LogP contribution is 2.40. The predicted octanol–water partition coefficient (Wildman–Crippen LogP) is 12.4. The van der Waals surface area contributed by atoms with Crippen LogP contribution in [0.1, 0.15) is 0 Å². The molecular weight excluding hydrogens is 623 g/mol. The Balaban J connectivity index is 1.19. The van der Waals surface area contributed by atoms with Gasteiger partial charge in [0.2, 0.25) is 0 Å². The Bertz CT molecular complexity index is 2900. The van der Waals surface area contributed by atoms with E-state index < -0.39 is 0 Å². The van der Waals surface area contributed by atoms with E-state index in [0.29, 0.717) is 17.5 Å². The van der Waals surface area contributed by atoms with Crippen LogP contribution in [0.15, 0.2) is 180 Å². The van der Waals surface area contributed by atoms with Crippen LogP contribution in [0.25, 0.3) is 99.9 Å². The van der Waals surface area contributed by atoms with Gasteiger partial charge in [0.15, 0.2) is 17.5 Å². The van der Waals surface area contributed by atoms with E-state index in [-0.39, 0.29) is 0 Å². The molecule has 0 radical (unpaired) electrons. The largest absolute Gasteiger partial charge is 0.456 e. The molecule has 0 saturated heterocycles. The summed E-state index contributed by atoms with van der Waals surface area (Å²) in [4.78, 5) is 15.5. The van der Waals surface area contributed by atoms with Gasteiger partial charge in [-0.25, -0.2) is 15.0 Å². The summed E-state index contributed by atoms with van der Waals surface area (Å²) in [6.45, 7) is 0. The van der Waals surface area contributed by atoms with E-state index in [0.717, 1.165) is 55.1 Å². The van der Waals surface area contributed by atoms with Gasteiger partial charge in [0, 0.05) is 27.5 Å². The fourth-order valence-corrected chi connectivity index (χ4v) is 7.18. The highest BCUT2D eigenvalue weighted by molar-refractivity contribution is 6.13. The fraction of sp³-hybridized carbons (Fsp3) is 0. The quantitative estimate of drug-likeness (QED) is 0.174. The molecule has 4 heteroatoms. The zero-order valence-corrected chi connectivity index (χ0v) is 27.5. The van der Waals surface area contributed by atoms with Gasteiger partial charge < -0.3 is 4.42 Å². The summed E-state index contributed by atoms with van der Waals surface area (Å²) in [6, 6.07) is 61.1. The molecule has 4 nitrogen and oxygen atoms in total. The fourth-order valence-electron chi connectivity index (χ4n) is 7.18. The van der Waals surface area contributed by atoms with Crippen molar-refractivity contribution in [2.24, 2.45) is 0 Å². The second-order valence-electron chi connectivity index (χ2n) is 12.8. The van der Waals surface area contributed by atoms with Gasteiger partial charge >= 0.3 is 0 Å². The van der Waals surface area contributed by atoms with Crippen molar-refractivity contribution in [2.75, 3.05) is 0 Å². The first-order chi connectivity index (χ1) is 25.2. The molecular formula is C47H29N3O. The second-order valence-corrected chi connectivity index (χ2v) is 12.8. The van der Waals surface area contributed by atoms with Crippen LogP contribution in [0.4, 0.5) is 0 Å². The van der Waals surface area contributed by atoms with Crippen molar-refractivity contribution in [1.82, 2.24) is 15.0 Å². The van der Waals surface area contributed by atoms with Crippen molar-refractivity contribution >= 4 is 43.5 Å². The van der Waals surface area contributed by atoms with Crippen molar-refractivity contribution in [2.45, 2.75) is 0 Å². The molecule has 0 spiro atoms. The number of aromatic nitrogens is 3. The van der Waals surface area contributed by atoms with Gasteiger partial charge in [0.25, 0.3) is 0 Å². The maximum absolute atomic E-state index is 6.46. The minimum Gasteiger partial charge on any atom is -0.456 e. The van der Waals surface area contributed by atoms with Crippen LogP contribution < -0.4 is 0 Å². The van der Waals surface area contributed by atoms with E-state index in [1.165, 1.54) is 27.3 Å². The Morgan fingerprint density at radius 2 is 0.902 bits per heavy atom. The molecule has 0 bridgehead atoms. The lowest BCUT2D eigenvalue weighted by Crippen LogP contribution is -2.00. The van der Waals surface area contributed by atoms with Gasteiger partial charge in [-0.3, -0.25) is 0 Å². The molecule has 51 heavy (non-hydrogen) atoms. The molecule has 2 aromatic heterocycles.